The Morgan fingerprint density at radius 2 is 1.93 bits per heavy atom. The number of aliphatic imine (C=N–C) groups is 1. The molecule has 0 aliphatic carbocycles. The van der Waals surface area contributed by atoms with Gasteiger partial charge in [-0.3, -0.25) is 14.9 Å². The number of hydrogen-bond acceptors (Lipinski definition) is 4. The van der Waals surface area contributed by atoms with Gasteiger partial charge in [-0.2, -0.15) is 0 Å². The maximum Gasteiger partial charge on any atom is 0.337 e. The zero-order valence-corrected chi connectivity index (χ0v) is 16.0. The number of aromatic nitrogens is 2. The molecule has 0 aliphatic heterocycles. The van der Waals surface area contributed by atoms with Gasteiger partial charge in [0.2, 0.25) is 0 Å². The molecule has 28 heavy (non-hydrogen) atoms. The van der Waals surface area contributed by atoms with Gasteiger partial charge < -0.3 is 10.2 Å². The summed E-state index contributed by atoms with van der Waals surface area (Å²) in [7, 11) is 0. The lowest BCUT2D eigenvalue weighted by Gasteiger charge is -2.05. The Balaban J connectivity index is 2.04. The predicted molar refractivity (Wildman–Crippen MR) is 107 cm³/mol. The average Bonchev–Trinajstić information content (AvgIpc) is 2.94. The van der Waals surface area contributed by atoms with Crippen molar-refractivity contribution in [1.29, 1.82) is 0 Å². The molecule has 144 valence electrons. The highest BCUT2D eigenvalue weighted by molar-refractivity contribution is 6.31. The van der Waals surface area contributed by atoms with Crippen molar-refractivity contribution < 1.29 is 15.0 Å². The minimum atomic E-state index is -1.15. The number of carbonyl (C=O) groups is 1. The van der Waals surface area contributed by atoms with Crippen LogP contribution in [0.15, 0.2) is 46.2 Å². The fourth-order valence-corrected chi connectivity index (χ4v) is 3.12. The fourth-order valence-electron chi connectivity index (χ4n) is 2.84. The van der Waals surface area contributed by atoms with Crippen LogP contribution in [0, 0.1) is 13.8 Å². The van der Waals surface area contributed by atoms with Crippen LogP contribution in [0.4, 0.5) is 5.69 Å². The summed E-state index contributed by atoms with van der Waals surface area (Å²) in [6.07, 6.45) is 1.36. The average molecular weight is 400 g/mol. The van der Waals surface area contributed by atoms with Crippen molar-refractivity contribution >= 4 is 29.5 Å². The molecule has 2 aromatic carbocycles. The van der Waals surface area contributed by atoms with E-state index >= 15 is 0 Å². The summed E-state index contributed by atoms with van der Waals surface area (Å²) in [5.41, 5.74) is 2.74. The number of H-pyrrole nitrogens is 1. The molecule has 0 aliphatic rings. The Morgan fingerprint density at radius 3 is 2.54 bits per heavy atom. The van der Waals surface area contributed by atoms with E-state index in [1.165, 1.54) is 17.0 Å². The number of nitrogens with zero attached hydrogens (tertiary/aromatic N) is 2. The maximum absolute atomic E-state index is 12.8. The van der Waals surface area contributed by atoms with Gasteiger partial charge in [0, 0.05) is 16.9 Å². The molecule has 0 bridgehead atoms. The number of hydrogen-bond donors (Lipinski definition) is 3. The van der Waals surface area contributed by atoms with Crippen LogP contribution in [-0.4, -0.2) is 32.2 Å². The molecule has 0 unspecified atom stereocenters. The first-order valence-corrected chi connectivity index (χ1v) is 8.79. The second kappa shape index (κ2) is 7.84. The largest absolute Gasteiger partial charge is 0.478 e. The van der Waals surface area contributed by atoms with Gasteiger partial charge in [0.05, 0.1) is 29.1 Å². The van der Waals surface area contributed by atoms with Gasteiger partial charge in [0.25, 0.3) is 5.56 Å². The Hall–Kier alpha value is -3.16. The Labute approximate surface area is 165 Å². The molecule has 0 saturated carbocycles. The van der Waals surface area contributed by atoms with Crippen molar-refractivity contribution in [3.63, 3.8) is 0 Å². The third-order valence-corrected chi connectivity index (χ3v) is 4.53. The van der Waals surface area contributed by atoms with Crippen molar-refractivity contribution in [3.8, 4) is 5.69 Å². The molecule has 3 rings (SSSR count). The summed E-state index contributed by atoms with van der Waals surface area (Å²) in [4.78, 5) is 28.5. The number of aliphatic hydroxyl groups excluding tert-OH is 1. The van der Waals surface area contributed by atoms with E-state index in [9.17, 15) is 14.7 Å². The van der Waals surface area contributed by atoms with E-state index in [4.69, 9.17) is 16.7 Å². The molecule has 0 radical (unpaired) electrons. The molecule has 0 amide bonds. The van der Waals surface area contributed by atoms with Crippen molar-refractivity contribution in [2.75, 3.05) is 0 Å². The van der Waals surface area contributed by atoms with Crippen LogP contribution in [-0.2, 0) is 6.61 Å². The standard InChI is InChI=1S/C20H18ClN3O4/c1-11-7-14(21)8-16(20(27)28)18(11)22-9-17-12(2)23-24(19(17)26)15-5-3-13(10-25)4-6-15/h3-9,23,25H,10H2,1-2H3,(H,27,28). The van der Waals surface area contributed by atoms with E-state index in [-0.39, 0.29) is 23.4 Å². The van der Waals surface area contributed by atoms with Crippen molar-refractivity contribution in [2.24, 2.45) is 4.99 Å². The van der Waals surface area contributed by atoms with E-state index in [0.29, 0.717) is 27.5 Å². The van der Waals surface area contributed by atoms with Crippen LogP contribution < -0.4 is 5.56 Å². The van der Waals surface area contributed by atoms with E-state index in [1.54, 1.807) is 44.2 Å². The van der Waals surface area contributed by atoms with Crippen LogP contribution in [0.1, 0.15) is 32.7 Å². The highest BCUT2D eigenvalue weighted by Crippen LogP contribution is 2.28. The normalized spacial score (nSPS) is 11.3. The summed E-state index contributed by atoms with van der Waals surface area (Å²) in [5, 5.41) is 21.8. The van der Waals surface area contributed by atoms with E-state index < -0.39 is 5.97 Å². The molecule has 0 spiro atoms. The first-order valence-electron chi connectivity index (χ1n) is 8.41. The summed E-state index contributed by atoms with van der Waals surface area (Å²) in [5.74, 6) is -1.15. The lowest BCUT2D eigenvalue weighted by molar-refractivity contribution is 0.0697. The second-order valence-corrected chi connectivity index (χ2v) is 6.73. The number of aryl methyl sites for hydroxylation is 2. The first-order chi connectivity index (χ1) is 13.3. The highest BCUT2D eigenvalue weighted by Gasteiger charge is 2.15. The number of halogens is 1. The quantitative estimate of drug-likeness (QED) is 0.571. The number of aromatic amines is 1. The summed E-state index contributed by atoms with van der Waals surface area (Å²) in [6.45, 7) is 3.35. The van der Waals surface area contributed by atoms with Crippen LogP contribution in [0.2, 0.25) is 5.02 Å². The molecular weight excluding hydrogens is 382 g/mol. The topological polar surface area (TPSA) is 108 Å². The van der Waals surface area contributed by atoms with Crippen LogP contribution in [0.5, 0.6) is 0 Å². The molecule has 0 saturated heterocycles. The highest BCUT2D eigenvalue weighted by atomic mass is 35.5. The maximum atomic E-state index is 12.8. The third-order valence-electron chi connectivity index (χ3n) is 4.31. The number of carboxylic acids is 1. The van der Waals surface area contributed by atoms with Crippen LogP contribution in [0.25, 0.3) is 5.69 Å². The van der Waals surface area contributed by atoms with Crippen molar-refractivity contribution in [1.82, 2.24) is 9.78 Å². The molecule has 0 fully saturated rings. The van der Waals surface area contributed by atoms with Gasteiger partial charge in [-0.25, -0.2) is 9.48 Å². The number of aromatic carboxylic acids is 1. The molecule has 7 nitrogen and oxygen atoms in total. The summed E-state index contributed by atoms with van der Waals surface area (Å²) < 4.78 is 1.37. The minimum Gasteiger partial charge on any atom is -0.478 e. The predicted octanol–water partition coefficient (Wildman–Crippen LogP) is 3.38. The van der Waals surface area contributed by atoms with Crippen LogP contribution >= 0.6 is 11.6 Å². The first kappa shape index (κ1) is 19.6. The lowest BCUT2D eigenvalue weighted by atomic mass is 10.1. The molecular formula is C20H18ClN3O4. The lowest BCUT2D eigenvalue weighted by Crippen LogP contribution is -2.17. The number of aliphatic hydroxyl groups is 1. The van der Waals surface area contributed by atoms with E-state index in [1.807, 2.05) is 0 Å². The number of carboxylic acid groups (broad SMARTS) is 1. The molecule has 0 atom stereocenters. The van der Waals surface area contributed by atoms with Gasteiger partial charge in [-0.15, -0.1) is 0 Å². The zero-order valence-electron chi connectivity index (χ0n) is 15.2. The Morgan fingerprint density at radius 1 is 1.25 bits per heavy atom. The molecule has 1 heterocycles. The molecule has 8 heteroatoms. The fraction of sp³-hybridized carbons (Fsp3) is 0.150. The third kappa shape index (κ3) is 3.76. The van der Waals surface area contributed by atoms with Gasteiger partial charge in [-0.1, -0.05) is 23.7 Å². The van der Waals surface area contributed by atoms with Gasteiger partial charge in [0.15, 0.2) is 0 Å². The Kier molecular flexibility index (Phi) is 5.48. The number of rotatable bonds is 5. The van der Waals surface area contributed by atoms with Crippen molar-refractivity contribution in [3.05, 3.63) is 79.7 Å². The van der Waals surface area contributed by atoms with Crippen LogP contribution in [0.3, 0.4) is 0 Å². The summed E-state index contributed by atoms with van der Waals surface area (Å²) >= 11 is 5.94. The zero-order chi connectivity index (χ0) is 20.4. The number of benzene rings is 2. The molecule has 3 aromatic rings. The smallest absolute Gasteiger partial charge is 0.337 e. The summed E-state index contributed by atoms with van der Waals surface area (Å²) in [6, 6.07) is 9.83. The minimum absolute atomic E-state index is 0.0330. The van der Waals surface area contributed by atoms with Gasteiger partial charge in [0.1, 0.15) is 0 Å². The van der Waals surface area contributed by atoms with E-state index in [2.05, 4.69) is 10.1 Å². The van der Waals surface area contributed by atoms with E-state index in [0.717, 1.165) is 5.56 Å². The SMILES string of the molecule is Cc1cc(Cl)cc(C(=O)O)c1N=Cc1c(C)[nH]n(-c2ccc(CO)cc2)c1=O. The molecule has 3 N–H and O–H groups in total. The monoisotopic (exact) mass is 399 g/mol. The van der Waals surface area contributed by atoms with Gasteiger partial charge >= 0.3 is 5.97 Å². The van der Waals surface area contributed by atoms with Gasteiger partial charge in [-0.05, 0) is 49.2 Å². The number of nitrogens with one attached hydrogen (secondary N) is 1. The molecule has 1 aromatic heterocycles. The second-order valence-electron chi connectivity index (χ2n) is 6.30. The van der Waals surface area contributed by atoms with Crippen molar-refractivity contribution in [2.45, 2.75) is 20.5 Å². The Bertz CT molecular complexity index is 1130.